The molecule has 1 fully saturated rings. The molecule has 33 heavy (non-hydrogen) atoms. The highest BCUT2D eigenvalue weighted by Crippen LogP contribution is 2.32. The van der Waals surface area contributed by atoms with Gasteiger partial charge in [-0.05, 0) is 33.3 Å². The average molecular weight is 466 g/mol. The molecule has 9 nitrogen and oxygen atoms in total. The highest BCUT2D eigenvalue weighted by atomic mass is 32.2. The van der Waals surface area contributed by atoms with E-state index in [1.165, 1.54) is 0 Å². The molecule has 1 amide bonds. The Bertz CT molecular complexity index is 1490. The maximum absolute atomic E-state index is 13.3. The number of nitrogens with zero attached hydrogens (tertiary/aromatic N) is 4. The minimum atomic E-state index is -3.12. The first kappa shape index (κ1) is 21.3. The molecule has 0 saturated carbocycles. The van der Waals surface area contributed by atoms with Crippen molar-refractivity contribution in [1.82, 2.24) is 19.9 Å². The van der Waals surface area contributed by atoms with Gasteiger partial charge in [0.05, 0.1) is 39.9 Å². The zero-order chi connectivity index (χ0) is 23.3. The minimum Gasteiger partial charge on any atom is -0.360 e. The molecule has 0 bridgehead atoms. The third-order valence-electron chi connectivity index (χ3n) is 5.85. The Morgan fingerprint density at radius 1 is 1.15 bits per heavy atom. The number of fused-ring (bicyclic) bond motifs is 1. The van der Waals surface area contributed by atoms with E-state index in [0.29, 0.717) is 46.0 Å². The number of amides is 1. The van der Waals surface area contributed by atoms with E-state index in [4.69, 9.17) is 9.51 Å². The predicted molar refractivity (Wildman–Crippen MR) is 124 cm³/mol. The molecule has 1 aliphatic rings. The molecular weight excluding hydrogens is 442 g/mol. The van der Waals surface area contributed by atoms with E-state index in [1.54, 1.807) is 30.7 Å². The SMILES string of the molecule is Cc1ccc(-c2cc(C(=O)Nc3cc(C)on3)c3c(C)nn(C4CCS(=O)(=O)C4)c3n2)cc1. The number of sulfone groups is 1. The summed E-state index contributed by atoms with van der Waals surface area (Å²) in [6, 6.07) is 10.9. The van der Waals surface area contributed by atoms with Crippen LogP contribution in [0, 0.1) is 20.8 Å². The van der Waals surface area contributed by atoms with Crippen molar-refractivity contribution in [2.24, 2.45) is 0 Å². The molecular formula is C23H23N5O4S. The number of anilines is 1. The van der Waals surface area contributed by atoms with E-state index < -0.39 is 9.84 Å². The first-order valence-corrected chi connectivity index (χ1v) is 12.4. The van der Waals surface area contributed by atoms with E-state index in [2.05, 4.69) is 15.6 Å². The highest BCUT2D eigenvalue weighted by Gasteiger charge is 2.32. The summed E-state index contributed by atoms with van der Waals surface area (Å²) in [4.78, 5) is 18.1. The predicted octanol–water partition coefficient (Wildman–Crippen LogP) is 3.62. The van der Waals surface area contributed by atoms with Crippen molar-refractivity contribution in [3.05, 3.63) is 59.0 Å². The average Bonchev–Trinajstić information content (AvgIpc) is 3.44. The van der Waals surface area contributed by atoms with Crippen LogP contribution in [0.5, 0.6) is 0 Å². The van der Waals surface area contributed by atoms with E-state index in [9.17, 15) is 13.2 Å². The molecule has 1 N–H and O–H groups in total. The van der Waals surface area contributed by atoms with E-state index in [-0.39, 0.29) is 23.5 Å². The molecule has 5 rings (SSSR count). The van der Waals surface area contributed by atoms with Gasteiger partial charge in [0.1, 0.15) is 5.76 Å². The first-order chi connectivity index (χ1) is 15.7. The number of pyridine rings is 1. The lowest BCUT2D eigenvalue weighted by Gasteiger charge is -2.12. The van der Waals surface area contributed by atoms with Crippen LogP contribution >= 0.6 is 0 Å². The molecule has 4 heterocycles. The van der Waals surface area contributed by atoms with Crippen LogP contribution in [-0.4, -0.2) is 45.8 Å². The van der Waals surface area contributed by atoms with Crippen LogP contribution in [0.15, 0.2) is 40.9 Å². The Balaban J connectivity index is 1.68. The first-order valence-electron chi connectivity index (χ1n) is 10.6. The standard InChI is InChI=1S/C23H23N5O4S/c1-13-4-6-16(7-5-13)19-11-18(23(29)25-20-10-14(2)32-27-20)21-15(3)26-28(22(21)24-19)17-8-9-33(30,31)12-17/h4-7,10-11,17H,8-9,12H2,1-3H3,(H,25,27,29). The van der Waals surface area contributed by atoms with Crippen LogP contribution in [-0.2, 0) is 9.84 Å². The number of rotatable bonds is 4. The molecule has 1 unspecified atom stereocenters. The molecule has 0 aliphatic carbocycles. The van der Waals surface area contributed by atoms with Crippen LogP contribution < -0.4 is 5.32 Å². The fraction of sp³-hybridized carbons (Fsp3) is 0.304. The monoisotopic (exact) mass is 465 g/mol. The van der Waals surface area contributed by atoms with Gasteiger partial charge in [-0.25, -0.2) is 18.1 Å². The maximum Gasteiger partial charge on any atom is 0.257 e. The van der Waals surface area contributed by atoms with Crippen molar-refractivity contribution < 1.29 is 17.7 Å². The fourth-order valence-electron chi connectivity index (χ4n) is 4.20. The molecule has 0 radical (unpaired) electrons. The van der Waals surface area contributed by atoms with Gasteiger partial charge in [0.2, 0.25) is 0 Å². The zero-order valence-corrected chi connectivity index (χ0v) is 19.3. The number of aryl methyl sites for hydroxylation is 3. The molecule has 1 atom stereocenters. The molecule has 0 spiro atoms. The van der Waals surface area contributed by atoms with Crippen molar-refractivity contribution in [1.29, 1.82) is 0 Å². The minimum absolute atomic E-state index is 0.0133. The number of hydrogen-bond donors (Lipinski definition) is 1. The van der Waals surface area contributed by atoms with Crippen molar-refractivity contribution >= 4 is 32.6 Å². The lowest BCUT2D eigenvalue weighted by molar-refractivity contribution is 0.102. The smallest absolute Gasteiger partial charge is 0.257 e. The zero-order valence-electron chi connectivity index (χ0n) is 18.5. The summed E-state index contributed by atoms with van der Waals surface area (Å²) >= 11 is 0. The number of carbonyl (C=O) groups is 1. The van der Waals surface area contributed by atoms with Crippen molar-refractivity contribution in [3.8, 4) is 11.3 Å². The summed E-state index contributed by atoms with van der Waals surface area (Å²) in [5.74, 6) is 0.655. The maximum atomic E-state index is 13.3. The van der Waals surface area contributed by atoms with E-state index in [1.807, 2.05) is 31.2 Å². The highest BCUT2D eigenvalue weighted by molar-refractivity contribution is 7.91. The normalized spacial score (nSPS) is 17.5. The summed E-state index contributed by atoms with van der Waals surface area (Å²) < 4.78 is 31.0. The van der Waals surface area contributed by atoms with Crippen LogP contribution in [0.4, 0.5) is 5.82 Å². The topological polar surface area (TPSA) is 120 Å². The Morgan fingerprint density at radius 2 is 1.91 bits per heavy atom. The van der Waals surface area contributed by atoms with Crippen molar-refractivity contribution in [2.45, 2.75) is 33.2 Å². The van der Waals surface area contributed by atoms with Gasteiger partial charge in [-0.15, -0.1) is 0 Å². The quantitative estimate of drug-likeness (QED) is 0.489. The van der Waals surface area contributed by atoms with Gasteiger partial charge in [-0.2, -0.15) is 5.10 Å². The molecule has 170 valence electrons. The molecule has 1 aliphatic heterocycles. The second-order valence-electron chi connectivity index (χ2n) is 8.48. The summed E-state index contributed by atoms with van der Waals surface area (Å²) in [5.41, 5.74) is 4.05. The Kier molecular flexibility index (Phi) is 5.04. The number of hydrogen-bond acceptors (Lipinski definition) is 7. The summed E-state index contributed by atoms with van der Waals surface area (Å²) in [6.45, 7) is 5.54. The van der Waals surface area contributed by atoms with Crippen LogP contribution in [0.2, 0.25) is 0 Å². The van der Waals surface area contributed by atoms with Gasteiger partial charge < -0.3 is 9.84 Å². The van der Waals surface area contributed by atoms with Crippen LogP contribution in [0.25, 0.3) is 22.3 Å². The van der Waals surface area contributed by atoms with Gasteiger partial charge in [0, 0.05) is 11.6 Å². The van der Waals surface area contributed by atoms with Gasteiger partial charge in [-0.3, -0.25) is 4.79 Å². The fourth-order valence-corrected chi connectivity index (χ4v) is 5.89. The molecule has 10 heteroatoms. The van der Waals surface area contributed by atoms with E-state index >= 15 is 0 Å². The van der Waals surface area contributed by atoms with Gasteiger partial charge in [-0.1, -0.05) is 35.0 Å². The molecule has 4 aromatic rings. The molecule has 1 aromatic carbocycles. The third-order valence-corrected chi connectivity index (χ3v) is 7.60. The Hall–Kier alpha value is -3.53. The van der Waals surface area contributed by atoms with Gasteiger partial charge in [0.15, 0.2) is 21.3 Å². The molecule has 1 saturated heterocycles. The number of nitrogens with one attached hydrogen (secondary N) is 1. The lowest BCUT2D eigenvalue weighted by Crippen LogP contribution is -2.15. The van der Waals surface area contributed by atoms with Crippen LogP contribution in [0.3, 0.4) is 0 Å². The molecule has 3 aromatic heterocycles. The van der Waals surface area contributed by atoms with Gasteiger partial charge >= 0.3 is 0 Å². The Labute approximate surface area is 190 Å². The Morgan fingerprint density at radius 3 is 2.55 bits per heavy atom. The summed E-state index contributed by atoms with van der Waals surface area (Å²) in [6.07, 6.45) is 0.467. The second kappa shape index (κ2) is 7.80. The third kappa shape index (κ3) is 4.02. The summed E-state index contributed by atoms with van der Waals surface area (Å²) in [7, 11) is -3.12. The van der Waals surface area contributed by atoms with Crippen LogP contribution in [0.1, 0.15) is 39.8 Å². The second-order valence-corrected chi connectivity index (χ2v) is 10.7. The lowest BCUT2D eigenvalue weighted by atomic mass is 10.0. The largest absolute Gasteiger partial charge is 0.360 e. The number of carbonyl (C=O) groups excluding carboxylic acids is 1. The van der Waals surface area contributed by atoms with Crippen molar-refractivity contribution in [2.75, 3.05) is 16.8 Å². The van der Waals surface area contributed by atoms with Gasteiger partial charge in [0.25, 0.3) is 5.91 Å². The number of benzene rings is 1. The number of aromatic nitrogens is 4. The van der Waals surface area contributed by atoms with Crippen molar-refractivity contribution in [3.63, 3.8) is 0 Å². The summed E-state index contributed by atoms with van der Waals surface area (Å²) in [5, 5.41) is 11.8. The van der Waals surface area contributed by atoms with E-state index in [0.717, 1.165) is 11.1 Å².